The average molecular weight is 366 g/mol. The monoisotopic (exact) mass is 366 g/mol. The van der Waals surface area contributed by atoms with Crippen molar-refractivity contribution in [2.45, 2.75) is 32.1 Å². The molecule has 1 aliphatic rings. The second kappa shape index (κ2) is 8.25. The molecule has 0 spiro atoms. The summed E-state index contributed by atoms with van der Waals surface area (Å²) in [6.07, 6.45) is 2.70. The first-order valence-corrected chi connectivity index (χ1v) is 9.29. The number of nitrogens with one attached hydrogen (secondary N) is 2. The number of hydrogen-bond donors (Lipinski definition) is 2. The van der Waals surface area contributed by atoms with Crippen LogP contribution in [0, 0.1) is 12.8 Å². The smallest absolute Gasteiger partial charge is 0.253 e. The van der Waals surface area contributed by atoms with Gasteiger partial charge < -0.3 is 15.4 Å². The van der Waals surface area contributed by atoms with Crippen molar-refractivity contribution in [3.8, 4) is 5.75 Å². The normalized spacial score (nSPS) is 14.3. The van der Waals surface area contributed by atoms with Crippen LogP contribution >= 0.6 is 0 Å². The van der Waals surface area contributed by atoms with E-state index in [-0.39, 0.29) is 17.7 Å². The van der Waals surface area contributed by atoms with E-state index < -0.39 is 0 Å². The molecule has 0 saturated heterocycles. The zero-order valence-electron chi connectivity index (χ0n) is 16.0. The first-order valence-electron chi connectivity index (χ1n) is 9.29. The molecule has 1 aliphatic carbocycles. The van der Waals surface area contributed by atoms with Gasteiger partial charge in [-0.2, -0.15) is 0 Å². The number of benzene rings is 2. The third-order valence-corrected chi connectivity index (χ3v) is 5.12. The van der Waals surface area contributed by atoms with E-state index in [9.17, 15) is 9.59 Å². The molecular formula is C22H26N2O3. The zero-order chi connectivity index (χ0) is 19.4. The van der Waals surface area contributed by atoms with Crippen LogP contribution < -0.4 is 15.4 Å². The van der Waals surface area contributed by atoms with Crippen LogP contribution in [0.4, 0.5) is 5.69 Å². The molecule has 1 fully saturated rings. The first-order chi connectivity index (χ1) is 13.0. The summed E-state index contributed by atoms with van der Waals surface area (Å²) in [5.74, 6) is 1.30. The number of hydrogen-bond acceptors (Lipinski definition) is 3. The van der Waals surface area contributed by atoms with E-state index in [1.807, 2.05) is 19.1 Å². The Hall–Kier alpha value is -2.82. The van der Waals surface area contributed by atoms with Crippen LogP contribution in [0.15, 0.2) is 42.5 Å². The van der Waals surface area contributed by atoms with Gasteiger partial charge in [-0.05, 0) is 60.9 Å². The molecule has 2 amide bonds. The molecule has 5 heteroatoms. The fourth-order valence-corrected chi connectivity index (χ4v) is 3.51. The Morgan fingerprint density at radius 2 is 1.93 bits per heavy atom. The lowest BCUT2D eigenvalue weighted by Gasteiger charge is -2.19. The van der Waals surface area contributed by atoms with E-state index >= 15 is 0 Å². The predicted octanol–water partition coefficient (Wildman–Crippen LogP) is 3.89. The number of rotatable bonds is 7. The topological polar surface area (TPSA) is 67.4 Å². The van der Waals surface area contributed by atoms with Crippen LogP contribution in [-0.2, 0) is 4.79 Å². The number of methoxy groups -OCH3 is 1. The third kappa shape index (κ3) is 4.48. The molecule has 1 atom stereocenters. The highest BCUT2D eigenvalue weighted by Crippen LogP contribution is 2.45. The molecule has 0 aliphatic heterocycles. The Morgan fingerprint density at radius 1 is 1.19 bits per heavy atom. The van der Waals surface area contributed by atoms with Crippen LogP contribution in [0.3, 0.4) is 0 Å². The van der Waals surface area contributed by atoms with Crippen molar-refractivity contribution in [1.82, 2.24) is 5.32 Å². The van der Waals surface area contributed by atoms with Crippen LogP contribution in [0.2, 0.25) is 0 Å². The van der Waals surface area contributed by atoms with Gasteiger partial charge in [-0.15, -0.1) is 0 Å². The maximum absolute atomic E-state index is 12.7. The van der Waals surface area contributed by atoms with Gasteiger partial charge in [0, 0.05) is 13.5 Å². The number of ether oxygens (including phenoxy) is 1. The number of amides is 2. The SMILES string of the molecule is CNC(=O)c1ccccc1NC(=O)CC(c1ccc(OC)c(C)c1)C1CC1. The molecular weight excluding hydrogens is 340 g/mol. The molecule has 0 radical (unpaired) electrons. The predicted molar refractivity (Wildman–Crippen MR) is 106 cm³/mol. The van der Waals surface area contributed by atoms with Crippen molar-refractivity contribution < 1.29 is 14.3 Å². The van der Waals surface area contributed by atoms with Gasteiger partial charge >= 0.3 is 0 Å². The van der Waals surface area contributed by atoms with Gasteiger partial charge in [0.2, 0.25) is 5.91 Å². The number of anilines is 1. The van der Waals surface area contributed by atoms with E-state index in [1.54, 1.807) is 32.4 Å². The average Bonchev–Trinajstić information content (AvgIpc) is 3.51. The summed E-state index contributed by atoms with van der Waals surface area (Å²) in [7, 11) is 3.24. The minimum Gasteiger partial charge on any atom is -0.496 e. The first kappa shape index (κ1) is 19.0. The second-order valence-corrected chi connectivity index (χ2v) is 7.05. The largest absolute Gasteiger partial charge is 0.496 e. The molecule has 3 rings (SSSR count). The quantitative estimate of drug-likeness (QED) is 0.781. The highest BCUT2D eigenvalue weighted by atomic mass is 16.5. The molecule has 142 valence electrons. The molecule has 1 saturated carbocycles. The summed E-state index contributed by atoms with van der Waals surface area (Å²) in [4.78, 5) is 24.7. The van der Waals surface area contributed by atoms with Crippen molar-refractivity contribution in [3.63, 3.8) is 0 Å². The minimum absolute atomic E-state index is 0.0725. The van der Waals surface area contributed by atoms with E-state index in [4.69, 9.17) is 4.74 Å². The fraction of sp³-hybridized carbons (Fsp3) is 0.364. The Labute approximate surface area is 160 Å². The summed E-state index contributed by atoms with van der Waals surface area (Å²) < 4.78 is 5.34. The molecule has 0 bridgehead atoms. The van der Waals surface area contributed by atoms with Gasteiger partial charge in [0.15, 0.2) is 0 Å². The molecule has 0 aromatic heterocycles. The van der Waals surface area contributed by atoms with E-state index in [1.165, 1.54) is 5.56 Å². The standard InChI is InChI=1S/C22H26N2O3/c1-14-12-16(10-11-20(14)27-3)18(15-8-9-15)13-21(25)24-19-7-5-4-6-17(19)22(26)23-2/h4-7,10-12,15,18H,8-9,13H2,1-3H3,(H,23,26)(H,24,25). The van der Waals surface area contributed by atoms with Gasteiger partial charge in [0.25, 0.3) is 5.91 Å². The van der Waals surface area contributed by atoms with Crippen LogP contribution in [0.1, 0.15) is 46.7 Å². The zero-order valence-corrected chi connectivity index (χ0v) is 16.0. The third-order valence-electron chi connectivity index (χ3n) is 5.12. The summed E-state index contributed by atoms with van der Waals surface area (Å²) in [5.41, 5.74) is 3.26. The van der Waals surface area contributed by atoms with E-state index in [0.29, 0.717) is 23.6 Å². The van der Waals surface area contributed by atoms with Crippen molar-refractivity contribution in [1.29, 1.82) is 0 Å². The molecule has 27 heavy (non-hydrogen) atoms. The van der Waals surface area contributed by atoms with E-state index in [0.717, 1.165) is 24.2 Å². The molecule has 2 N–H and O–H groups in total. The lowest BCUT2D eigenvalue weighted by Crippen LogP contribution is -2.22. The maximum atomic E-state index is 12.7. The molecule has 2 aromatic carbocycles. The highest BCUT2D eigenvalue weighted by molar-refractivity contribution is 6.03. The van der Waals surface area contributed by atoms with Crippen molar-refractivity contribution >= 4 is 17.5 Å². The lowest BCUT2D eigenvalue weighted by atomic mass is 9.89. The van der Waals surface area contributed by atoms with Gasteiger partial charge in [-0.1, -0.05) is 24.3 Å². The summed E-state index contributed by atoms with van der Waals surface area (Å²) >= 11 is 0. The Kier molecular flexibility index (Phi) is 5.79. The number of aryl methyl sites for hydroxylation is 1. The minimum atomic E-state index is -0.213. The van der Waals surface area contributed by atoms with Gasteiger partial charge in [-0.3, -0.25) is 9.59 Å². The Bertz CT molecular complexity index is 843. The van der Waals surface area contributed by atoms with Gasteiger partial charge in [0.05, 0.1) is 18.4 Å². The summed E-state index contributed by atoms with van der Waals surface area (Å²) in [6.45, 7) is 2.02. The maximum Gasteiger partial charge on any atom is 0.253 e. The van der Waals surface area contributed by atoms with Gasteiger partial charge in [-0.25, -0.2) is 0 Å². The molecule has 5 nitrogen and oxygen atoms in total. The van der Waals surface area contributed by atoms with Gasteiger partial charge in [0.1, 0.15) is 5.75 Å². The Morgan fingerprint density at radius 3 is 2.56 bits per heavy atom. The summed E-state index contributed by atoms with van der Waals surface area (Å²) in [6, 6.07) is 13.2. The van der Waals surface area contributed by atoms with E-state index in [2.05, 4.69) is 22.8 Å². The fourth-order valence-electron chi connectivity index (χ4n) is 3.51. The van der Waals surface area contributed by atoms with Crippen LogP contribution in [-0.4, -0.2) is 26.0 Å². The molecule has 0 heterocycles. The van der Waals surface area contributed by atoms with Crippen LogP contribution in [0.25, 0.3) is 0 Å². The van der Waals surface area contributed by atoms with Crippen molar-refractivity contribution in [3.05, 3.63) is 59.2 Å². The number of carbonyl (C=O) groups is 2. The molecule has 1 unspecified atom stereocenters. The Balaban J connectivity index is 1.76. The second-order valence-electron chi connectivity index (χ2n) is 7.05. The van der Waals surface area contributed by atoms with Crippen molar-refractivity contribution in [2.24, 2.45) is 5.92 Å². The highest BCUT2D eigenvalue weighted by Gasteiger charge is 2.34. The van der Waals surface area contributed by atoms with Crippen molar-refractivity contribution in [2.75, 3.05) is 19.5 Å². The number of para-hydroxylation sites is 1. The van der Waals surface area contributed by atoms with Crippen LogP contribution in [0.5, 0.6) is 5.75 Å². The number of carbonyl (C=O) groups excluding carboxylic acids is 2. The lowest BCUT2D eigenvalue weighted by molar-refractivity contribution is -0.116. The molecule has 2 aromatic rings. The summed E-state index contributed by atoms with van der Waals surface area (Å²) in [5, 5.41) is 5.53.